The molecule has 1 N–H and O–H groups in total. The Hall–Kier alpha value is -2.46. The van der Waals surface area contributed by atoms with Gasteiger partial charge in [0, 0.05) is 11.8 Å². The molecule has 1 amide bonds. The normalized spacial score (nSPS) is 12.8. The molecule has 0 saturated carbocycles. The van der Waals surface area contributed by atoms with Gasteiger partial charge in [-0.05, 0) is 41.3 Å². The lowest BCUT2D eigenvalue weighted by atomic mass is 10.0. The number of benzene rings is 2. The first-order chi connectivity index (χ1) is 11.5. The van der Waals surface area contributed by atoms with Crippen molar-refractivity contribution in [3.8, 4) is 11.5 Å². The highest BCUT2D eigenvalue weighted by Gasteiger charge is 2.17. The van der Waals surface area contributed by atoms with Crippen molar-refractivity contribution in [1.82, 2.24) is 0 Å². The average molecular weight is 344 g/mol. The first kappa shape index (κ1) is 16.4. The molecule has 0 radical (unpaired) electrons. The van der Waals surface area contributed by atoms with E-state index in [1.165, 1.54) is 6.08 Å². The Morgan fingerprint density at radius 2 is 2.04 bits per heavy atom. The van der Waals surface area contributed by atoms with Gasteiger partial charge in [-0.15, -0.1) is 0 Å². The van der Waals surface area contributed by atoms with Crippen molar-refractivity contribution in [3.05, 3.63) is 58.6 Å². The van der Waals surface area contributed by atoms with Gasteiger partial charge >= 0.3 is 0 Å². The molecular weight excluding hydrogens is 326 g/mol. The number of amides is 1. The lowest BCUT2D eigenvalue weighted by Gasteiger charge is -2.12. The summed E-state index contributed by atoms with van der Waals surface area (Å²) < 4.78 is 10.6. The third kappa shape index (κ3) is 3.54. The number of fused-ring (bicyclic) bond motifs is 1. The molecule has 0 bridgehead atoms. The van der Waals surface area contributed by atoms with E-state index in [2.05, 4.69) is 19.2 Å². The van der Waals surface area contributed by atoms with Gasteiger partial charge in [-0.25, -0.2) is 0 Å². The van der Waals surface area contributed by atoms with Crippen LogP contribution in [0.3, 0.4) is 0 Å². The van der Waals surface area contributed by atoms with Crippen molar-refractivity contribution in [3.63, 3.8) is 0 Å². The zero-order valence-electron chi connectivity index (χ0n) is 13.5. The van der Waals surface area contributed by atoms with Gasteiger partial charge < -0.3 is 14.8 Å². The van der Waals surface area contributed by atoms with Crippen molar-refractivity contribution in [1.29, 1.82) is 0 Å². The van der Waals surface area contributed by atoms with Crippen LogP contribution < -0.4 is 14.8 Å². The van der Waals surface area contributed by atoms with Crippen molar-refractivity contribution >= 4 is 29.3 Å². The summed E-state index contributed by atoms with van der Waals surface area (Å²) in [4.78, 5) is 12.2. The van der Waals surface area contributed by atoms with Crippen molar-refractivity contribution in [2.24, 2.45) is 0 Å². The predicted molar refractivity (Wildman–Crippen MR) is 95.8 cm³/mol. The van der Waals surface area contributed by atoms with Gasteiger partial charge in [0.2, 0.25) is 12.7 Å². The first-order valence-corrected chi connectivity index (χ1v) is 8.09. The largest absolute Gasteiger partial charge is 0.454 e. The van der Waals surface area contributed by atoms with E-state index in [0.29, 0.717) is 22.4 Å². The number of para-hydroxylation sites is 1. The molecule has 0 aliphatic carbocycles. The third-order valence-corrected chi connectivity index (χ3v) is 4.00. The topological polar surface area (TPSA) is 47.6 Å². The van der Waals surface area contributed by atoms with E-state index in [1.54, 1.807) is 18.2 Å². The Labute approximate surface area is 146 Å². The van der Waals surface area contributed by atoms with Gasteiger partial charge in [-0.3, -0.25) is 4.79 Å². The Kier molecular flexibility index (Phi) is 4.76. The molecule has 124 valence electrons. The van der Waals surface area contributed by atoms with Gasteiger partial charge in [0.05, 0.1) is 5.02 Å². The molecule has 1 heterocycles. The molecule has 4 nitrogen and oxygen atoms in total. The Bertz CT molecular complexity index is 799. The van der Waals surface area contributed by atoms with Crippen LogP contribution in [0.1, 0.15) is 30.9 Å². The fourth-order valence-electron chi connectivity index (χ4n) is 2.54. The molecule has 0 aromatic heterocycles. The first-order valence-electron chi connectivity index (χ1n) is 7.71. The summed E-state index contributed by atoms with van der Waals surface area (Å²) in [5.41, 5.74) is 2.70. The minimum atomic E-state index is -0.197. The molecule has 0 atom stereocenters. The summed E-state index contributed by atoms with van der Waals surface area (Å²) in [5.74, 6) is 1.27. The highest BCUT2D eigenvalue weighted by atomic mass is 35.5. The van der Waals surface area contributed by atoms with Gasteiger partial charge in [-0.2, -0.15) is 0 Å². The van der Waals surface area contributed by atoms with E-state index < -0.39 is 0 Å². The summed E-state index contributed by atoms with van der Waals surface area (Å²) in [6.07, 6.45) is 3.17. The summed E-state index contributed by atoms with van der Waals surface area (Å²) >= 11 is 6.14. The van der Waals surface area contributed by atoms with Crippen LogP contribution in [-0.2, 0) is 4.79 Å². The standard InChI is InChI=1S/C19H18ClNO3/c1-12(2)14-5-3-4-6-16(14)21-18(22)8-7-13-9-15(20)19-17(10-13)23-11-24-19/h3-10,12H,11H2,1-2H3,(H,21,22)/b8-7+. The highest BCUT2D eigenvalue weighted by molar-refractivity contribution is 6.32. The molecule has 1 aliphatic heterocycles. The van der Waals surface area contributed by atoms with E-state index in [0.717, 1.165) is 16.8 Å². The summed E-state index contributed by atoms with van der Waals surface area (Å²) in [5, 5.41) is 3.38. The fourth-order valence-corrected chi connectivity index (χ4v) is 2.82. The maximum Gasteiger partial charge on any atom is 0.248 e. The molecule has 0 saturated heterocycles. The zero-order valence-corrected chi connectivity index (χ0v) is 14.3. The smallest absolute Gasteiger partial charge is 0.248 e. The molecule has 3 rings (SSSR count). The Balaban J connectivity index is 1.74. The maximum atomic E-state index is 12.2. The van der Waals surface area contributed by atoms with Crippen molar-refractivity contribution < 1.29 is 14.3 Å². The lowest BCUT2D eigenvalue weighted by Crippen LogP contribution is -2.10. The van der Waals surface area contributed by atoms with Gasteiger partial charge in [0.25, 0.3) is 0 Å². The molecule has 24 heavy (non-hydrogen) atoms. The van der Waals surface area contributed by atoms with Gasteiger partial charge in [0.1, 0.15) is 0 Å². The second-order valence-corrected chi connectivity index (χ2v) is 6.21. The number of carbonyl (C=O) groups is 1. The Morgan fingerprint density at radius 3 is 2.83 bits per heavy atom. The van der Waals surface area contributed by atoms with E-state index in [9.17, 15) is 4.79 Å². The van der Waals surface area contributed by atoms with Gasteiger partial charge in [0.15, 0.2) is 11.5 Å². The van der Waals surface area contributed by atoms with E-state index in [1.807, 2.05) is 24.3 Å². The zero-order chi connectivity index (χ0) is 17.1. The second kappa shape index (κ2) is 6.97. The van der Waals surface area contributed by atoms with Crippen molar-refractivity contribution in [2.75, 3.05) is 12.1 Å². The number of anilines is 1. The van der Waals surface area contributed by atoms with Crippen LogP contribution in [0.25, 0.3) is 6.08 Å². The number of hydrogen-bond acceptors (Lipinski definition) is 3. The van der Waals surface area contributed by atoms with Gasteiger partial charge in [-0.1, -0.05) is 43.6 Å². The minimum Gasteiger partial charge on any atom is -0.454 e. The van der Waals surface area contributed by atoms with Crippen LogP contribution in [0.5, 0.6) is 11.5 Å². The average Bonchev–Trinajstić information content (AvgIpc) is 3.02. The number of halogens is 1. The van der Waals surface area contributed by atoms with Crippen LogP contribution in [0, 0.1) is 0 Å². The molecule has 2 aromatic rings. The number of carbonyl (C=O) groups excluding carboxylic acids is 1. The summed E-state index contributed by atoms with van der Waals surface area (Å²) in [7, 11) is 0. The second-order valence-electron chi connectivity index (χ2n) is 5.80. The van der Waals surface area contributed by atoms with Crippen molar-refractivity contribution in [2.45, 2.75) is 19.8 Å². The molecule has 0 fully saturated rings. The number of ether oxygens (including phenoxy) is 2. The molecule has 0 spiro atoms. The summed E-state index contributed by atoms with van der Waals surface area (Å²) in [6.45, 7) is 4.35. The van der Waals surface area contributed by atoms with E-state index >= 15 is 0 Å². The molecule has 0 unspecified atom stereocenters. The maximum absolute atomic E-state index is 12.2. The number of hydrogen-bond donors (Lipinski definition) is 1. The van der Waals surface area contributed by atoms with E-state index in [4.69, 9.17) is 21.1 Å². The van der Waals surface area contributed by atoms with Crippen LogP contribution in [-0.4, -0.2) is 12.7 Å². The SMILES string of the molecule is CC(C)c1ccccc1NC(=O)/C=C/c1cc(Cl)c2c(c1)OCO2. The molecular formula is C19H18ClNO3. The molecule has 2 aromatic carbocycles. The van der Waals surface area contributed by atoms with E-state index in [-0.39, 0.29) is 12.7 Å². The monoisotopic (exact) mass is 343 g/mol. The number of rotatable bonds is 4. The Morgan fingerprint density at radius 1 is 1.25 bits per heavy atom. The van der Waals surface area contributed by atoms with Crippen LogP contribution in [0.2, 0.25) is 5.02 Å². The quantitative estimate of drug-likeness (QED) is 0.808. The molecule has 1 aliphatic rings. The van der Waals surface area contributed by atoms with Crippen LogP contribution in [0.15, 0.2) is 42.5 Å². The predicted octanol–water partition coefficient (Wildman–Crippen LogP) is 4.84. The summed E-state index contributed by atoms with van der Waals surface area (Å²) in [6, 6.07) is 11.3. The minimum absolute atomic E-state index is 0.161. The van der Waals surface area contributed by atoms with Crippen LogP contribution >= 0.6 is 11.6 Å². The van der Waals surface area contributed by atoms with Crippen LogP contribution in [0.4, 0.5) is 5.69 Å². The third-order valence-electron chi connectivity index (χ3n) is 3.72. The number of nitrogens with one attached hydrogen (secondary N) is 1. The molecule has 5 heteroatoms. The highest BCUT2D eigenvalue weighted by Crippen LogP contribution is 2.40. The fraction of sp³-hybridized carbons (Fsp3) is 0.211. The lowest BCUT2D eigenvalue weighted by molar-refractivity contribution is -0.111.